The van der Waals surface area contributed by atoms with Gasteiger partial charge in [0.15, 0.2) is 0 Å². The first-order valence-electron chi connectivity index (χ1n) is 11.5. The van der Waals surface area contributed by atoms with Crippen molar-refractivity contribution in [2.45, 2.75) is 32.0 Å². The van der Waals surface area contributed by atoms with Gasteiger partial charge in [0.2, 0.25) is 5.95 Å². The summed E-state index contributed by atoms with van der Waals surface area (Å²) in [6, 6.07) is 9.53. The van der Waals surface area contributed by atoms with Crippen LogP contribution in [0.15, 0.2) is 42.6 Å². The number of ether oxygens (including phenoxy) is 1. The molecule has 0 unspecified atom stereocenters. The molecule has 202 valence electrons. The zero-order valence-electron chi connectivity index (χ0n) is 21.4. The number of alkyl halides is 3. The van der Waals surface area contributed by atoms with Gasteiger partial charge in [-0.2, -0.15) is 18.2 Å². The third kappa shape index (κ3) is 5.76. The maximum absolute atomic E-state index is 13.8. The molecule has 2 aromatic carbocycles. The van der Waals surface area contributed by atoms with Crippen LogP contribution >= 0.6 is 7.14 Å². The van der Waals surface area contributed by atoms with Crippen molar-refractivity contribution in [3.05, 3.63) is 59.3 Å². The number of rotatable bonds is 7. The summed E-state index contributed by atoms with van der Waals surface area (Å²) >= 11 is 0. The lowest BCUT2D eigenvalue weighted by molar-refractivity contribution is -0.137. The zero-order valence-corrected chi connectivity index (χ0v) is 22.3. The van der Waals surface area contributed by atoms with E-state index >= 15 is 0 Å². The van der Waals surface area contributed by atoms with Gasteiger partial charge in [-0.15, -0.1) is 0 Å². The number of nitrogens with zero attached hydrogens (tertiary/aromatic N) is 2. The molecule has 3 aromatic rings. The van der Waals surface area contributed by atoms with Crippen molar-refractivity contribution in [2.24, 2.45) is 0 Å². The SMILES string of the molecule is CONC(=O)c1ccc(Nc2ncc(C(F)(F)F)c(Nc3ccccc3P(C)(C)=O)n2)c2c1CC(C)(C)O2. The summed E-state index contributed by atoms with van der Waals surface area (Å²) in [4.78, 5) is 25.2. The Morgan fingerprint density at radius 2 is 1.82 bits per heavy atom. The van der Waals surface area contributed by atoms with Crippen LogP contribution in [0.3, 0.4) is 0 Å². The molecule has 1 aliphatic rings. The number of hydrogen-bond acceptors (Lipinski definition) is 8. The van der Waals surface area contributed by atoms with Gasteiger partial charge in [0.05, 0.1) is 18.5 Å². The van der Waals surface area contributed by atoms with Crippen molar-refractivity contribution in [3.8, 4) is 5.75 Å². The Kier molecular flexibility index (Phi) is 7.15. The minimum atomic E-state index is -4.75. The lowest BCUT2D eigenvalue weighted by Crippen LogP contribution is -2.26. The van der Waals surface area contributed by atoms with E-state index in [0.29, 0.717) is 40.5 Å². The molecule has 1 aliphatic heterocycles. The first-order chi connectivity index (χ1) is 17.7. The molecule has 0 radical (unpaired) electrons. The van der Waals surface area contributed by atoms with Crippen molar-refractivity contribution in [2.75, 3.05) is 31.1 Å². The van der Waals surface area contributed by atoms with E-state index in [-0.39, 0.29) is 11.6 Å². The Bertz CT molecular complexity index is 1440. The zero-order chi connectivity index (χ0) is 27.9. The Balaban J connectivity index is 1.75. The lowest BCUT2D eigenvalue weighted by atomic mass is 9.96. The monoisotopic (exact) mass is 549 g/mol. The van der Waals surface area contributed by atoms with Crippen molar-refractivity contribution in [3.63, 3.8) is 0 Å². The molecule has 2 heterocycles. The van der Waals surface area contributed by atoms with Crippen LogP contribution in [0.25, 0.3) is 0 Å². The van der Waals surface area contributed by atoms with Crippen LogP contribution in [0, 0.1) is 0 Å². The van der Waals surface area contributed by atoms with Crippen molar-refractivity contribution in [1.82, 2.24) is 15.4 Å². The highest BCUT2D eigenvalue weighted by Gasteiger charge is 2.37. The second-order valence-corrected chi connectivity index (χ2v) is 12.9. The molecular weight excluding hydrogens is 522 g/mol. The molecule has 0 saturated carbocycles. The normalized spacial score (nSPS) is 14.4. The Labute approximate surface area is 217 Å². The number of fused-ring (bicyclic) bond motifs is 1. The van der Waals surface area contributed by atoms with Gasteiger partial charge in [-0.1, -0.05) is 12.1 Å². The quantitative estimate of drug-likeness (QED) is 0.271. The number of hydroxylamine groups is 1. The number of hydrogen-bond donors (Lipinski definition) is 3. The molecule has 4 rings (SSSR count). The third-order valence-corrected chi connectivity index (χ3v) is 7.31. The molecule has 3 N–H and O–H groups in total. The van der Waals surface area contributed by atoms with Crippen LogP contribution in [-0.2, 0) is 22.0 Å². The van der Waals surface area contributed by atoms with Gasteiger partial charge in [0, 0.05) is 29.0 Å². The van der Waals surface area contributed by atoms with Crippen molar-refractivity contribution >= 4 is 41.5 Å². The standard InChI is InChI=1S/C25H27F3N5O4P/c1-24(2)12-15-14(22(34)33-36-3)10-11-18(20(15)37-24)31-23-29-13-16(25(26,27)28)21(32-23)30-17-8-6-7-9-19(17)38(4,5)35/h6-11,13H,12H2,1-5H3,(H,33,34)(H2,29,30,31,32). The summed E-state index contributed by atoms with van der Waals surface area (Å²) in [7, 11) is -1.50. The van der Waals surface area contributed by atoms with Gasteiger partial charge in [0.25, 0.3) is 5.91 Å². The predicted octanol–water partition coefficient (Wildman–Crippen LogP) is 5.24. The number of halogens is 3. The molecule has 0 saturated heterocycles. The summed E-state index contributed by atoms with van der Waals surface area (Å²) in [6.07, 6.45) is -3.66. The second kappa shape index (κ2) is 9.92. The number of aromatic nitrogens is 2. The highest BCUT2D eigenvalue weighted by Crippen LogP contribution is 2.44. The summed E-state index contributed by atoms with van der Waals surface area (Å²) < 4.78 is 60.3. The first kappa shape index (κ1) is 27.4. The van der Waals surface area contributed by atoms with Crippen LogP contribution in [-0.4, -0.2) is 41.9 Å². The van der Waals surface area contributed by atoms with Crippen LogP contribution in [0.4, 0.5) is 36.3 Å². The van der Waals surface area contributed by atoms with E-state index in [1.807, 2.05) is 13.8 Å². The van der Waals surface area contributed by atoms with E-state index < -0.39 is 36.2 Å². The molecule has 0 aliphatic carbocycles. The molecule has 0 bridgehead atoms. The molecule has 9 nitrogen and oxygen atoms in total. The van der Waals surface area contributed by atoms with Gasteiger partial charge in [-0.3, -0.25) is 9.63 Å². The minimum absolute atomic E-state index is 0.140. The molecule has 1 amide bonds. The molecule has 1 aromatic heterocycles. The van der Waals surface area contributed by atoms with Crippen LogP contribution < -0.4 is 26.2 Å². The maximum Gasteiger partial charge on any atom is 0.421 e. The number of carbonyl (C=O) groups is 1. The van der Waals surface area contributed by atoms with Crippen LogP contribution in [0.2, 0.25) is 0 Å². The van der Waals surface area contributed by atoms with E-state index in [9.17, 15) is 22.5 Å². The average molecular weight is 549 g/mol. The van der Waals surface area contributed by atoms with Crippen molar-refractivity contribution in [1.29, 1.82) is 0 Å². The number of anilines is 4. The fourth-order valence-corrected chi connectivity index (χ4v) is 5.31. The number of benzene rings is 2. The number of carbonyl (C=O) groups excluding carboxylic acids is 1. The summed E-state index contributed by atoms with van der Waals surface area (Å²) in [5.74, 6) is -0.750. The minimum Gasteiger partial charge on any atom is -0.485 e. The lowest BCUT2D eigenvalue weighted by Gasteiger charge is -2.19. The van der Waals surface area contributed by atoms with Gasteiger partial charge >= 0.3 is 6.18 Å². The molecule has 0 fully saturated rings. The summed E-state index contributed by atoms with van der Waals surface area (Å²) in [6.45, 7) is 6.76. The largest absolute Gasteiger partial charge is 0.485 e. The van der Waals surface area contributed by atoms with E-state index in [2.05, 4.69) is 26.1 Å². The van der Waals surface area contributed by atoms with Crippen LogP contribution in [0.5, 0.6) is 5.75 Å². The molecule has 0 atom stereocenters. The molecular formula is C25H27F3N5O4P. The maximum atomic E-state index is 13.8. The fourth-order valence-electron chi connectivity index (χ4n) is 4.16. The summed E-state index contributed by atoms with van der Waals surface area (Å²) in [5.41, 5.74) is 2.13. The number of nitrogens with one attached hydrogen (secondary N) is 3. The number of amides is 1. The fraction of sp³-hybridized carbons (Fsp3) is 0.320. The highest BCUT2D eigenvalue weighted by atomic mass is 31.2. The smallest absolute Gasteiger partial charge is 0.421 e. The van der Waals surface area contributed by atoms with Gasteiger partial charge < -0.3 is 19.9 Å². The highest BCUT2D eigenvalue weighted by molar-refractivity contribution is 7.70. The second-order valence-electron chi connectivity index (χ2n) is 9.71. The van der Waals surface area contributed by atoms with Crippen molar-refractivity contribution < 1.29 is 32.1 Å². The first-order valence-corrected chi connectivity index (χ1v) is 14.1. The summed E-state index contributed by atoms with van der Waals surface area (Å²) in [5, 5.41) is 6.01. The molecule has 13 heteroatoms. The molecule has 38 heavy (non-hydrogen) atoms. The third-order valence-electron chi connectivity index (χ3n) is 5.76. The Hall–Kier alpha value is -3.63. The average Bonchev–Trinajstić information content (AvgIpc) is 3.14. The van der Waals surface area contributed by atoms with Gasteiger partial charge in [0.1, 0.15) is 29.9 Å². The van der Waals surface area contributed by atoms with Crippen LogP contribution in [0.1, 0.15) is 35.3 Å². The topological polar surface area (TPSA) is 114 Å². The van der Waals surface area contributed by atoms with Gasteiger partial charge in [-0.25, -0.2) is 10.5 Å². The molecule has 0 spiro atoms. The Morgan fingerprint density at radius 3 is 2.47 bits per heavy atom. The number of para-hydroxylation sites is 1. The van der Waals surface area contributed by atoms with E-state index in [4.69, 9.17) is 9.57 Å². The Morgan fingerprint density at radius 1 is 1.11 bits per heavy atom. The van der Waals surface area contributed by atoms with Gasteiger partial charge in [-0.05, 0) is 51.4 Å². The van der Waals surface area contributed by atoms with E-state index in [1.165, 1.54) is 26.5 Å². The van der Waals surface area contributed by atoms with E-state index in [0.717, 1.165) is 0 Å². The van der Waals surface area contributed by atoms with E-state index in [1.54, 1.807) is 30.3 Å². The predicted molar refractivity (Wildman–Crippen MR) is 138 cm³/mol.